The lowest BCUT2D eigenvalue weighted by atomic mass is 10.1. The van der Waals surface area contributed by atoms with Crippen molar-refractivity contribution < 1.29 is 4.39 Å². The number of nitrogens with one attached hydrogen (secondary N) is 1. The van der Waals surface area contributed by atoms with E-state index in [0.717, 1.165) is 34.7 Å². The molecule has 0 fully saturated rings. The number of nitrogens with zero attached hydrogens (tertiary/aromatic N) is 4. The molecule has 4 aromatic rings. The Hall–Kier alpha value is -3.28. The van der Waals surface area contributed by atoms with Crippen molar-refractivity contribution in [2.45, 2.75) is 40.2 Å². The lowest BCUT2D eigenvalue weighted by molar-refractivity contribution is 0.556. The van der Waals surface area contributed by atoms with E-state index >= 15 is 0 Å². The summed E-state index contributed by atoms with van der Waals surface area (Å²) in [5.74, 6) is 0.766. The van der Waals surface area contributed by atoms with Crippen LogP contribution in [0.2, 0.25) is 0 Å². The molecule has 0 saturated heterocycles. The molecule has 30 heavy (non-hydrogen) atoms. The van der Waals surface area contributed by atoms with Crippen LogP contribution < -0.4 is 5.32 Å². The van der Waals surface area contributed by atoms with E-state index in [-0.39, 0.29) is 11.9 Å². The van der Waals surface area contributed by atoms with E-state index in [4.69, 9.17) is 9.97 Å². The summed E-state index contributed by atoms with van der Waals surface area (Å²) >= 11 is 0. The number of aryl methyl sites for hydroxylation is 1. The van der Waals surface area contributed by atoms with E-state index in [1.807, 2.05) is 16.7 Å². The van der Waals surface area contributed by atoms with Gasteiger partial charge >= 0.3 is 0 Å². The van der Waals surface area contributed by atoms with Gasteiger partial charge < -0.3 is 5.32 Å². The van der Waals surface area contributed by atoms with E-state index in [1.54, 1.807) is 18.3 Å². The van der Waals surface area contributed by atoms with Gasteiger partial charge in [0.1, 0.15) is 11.5 Å². The second-order valence-electron chi connectivity index (χ2n) is 7.88. The molecule has 3 heterocycles. The van der Waals surface area contributed by atoms with Gasteiger partial charge in [-0.2, -0.15) is 0 Å². The van der Waals surface area contributed by atoms with Crippen LogP contribution in [-0.4, -0.2) is 25.4 Å². The highest BCUT2D eigenvalue weighted by atomic mass is 19.1. The minimum absolute atomic E-state index is 0.242. The Morgan fingerprint density at radius 2 is 1.80 bits per heavy atom. The predicted octanol–water partition coefficient (Wildman–Crippen LogP) is 5.62. The molecule has 154 valence electrons. The number of hydrogen-bond acceptors (Lipinski definition) is 4. The molecule has 0 spiro atoms. The summed E-state index contributed by atoms with van der Waals surface area (Å²) in [6, 6.07) is 12.7. The summed E-state index contributed by atoms with van der Waals surface area (Å²) in [4.78, 5) is 14.0. The number of anilines is 1. The number of rotatable bonds is 6. The van der Waals surface area contributed by atoms with Crippen molar-refractivity contribution in [1.29, 1.82) is 0 Å². The smallest absolute Gasteiger partial charge is 0.223 e. The Kier molecular flexibility index (Phi) is 5.48. The van der Waals surface area contributed by atoms with Crippen molar-refractivity contribution in [3.63, 3.8) is 0 Å². The number of aromatic nitrogens is 4. The molecule has 1 aromatic carbocycles. The van der Waals surface area contributed by atoms with Crippen molar-refractivity contribution in [2.75, 3.05) is 5.32 Å². The predicted molar refractivity (Wildman–Crippen MR) is 119 cm³/mol. The summed E-state index contributed by atoms with van der Waals surface area (Å²) in [5.41, 5.74) is 5.29. The summed E-state index contributed by atoms with van der Waals surface area (Å²) in [7, 11) is 0. The summed E-state index contributed by atoms with van der Waals surface area (Å²) in [5, 5.41) is 3.38. The molecule has 0 amide bonds. The fraction of sp³-hybridized carbons (Fsp3) is 0.292. The van der Waals surface area contributed by atoms with Gasteiger partial charge in [-0.1, -0.05) is 20.8 Å². The highest BCUT2D eigenvalue weighted by molar-refractivity contribution is 5.80. The fourth-order valence-electron chi connectivity index (χ4n) is 3.29. The molecule has 3 aromatic heterocycles. The van der Waals surface area contributed by atoms with E-state index in [0.29, 0.717) is 11.9 Å². The molecule has 1 N–H and O–H groups in total. The van der Waals surface area contributed by atoms with Gasteiger partial charge in [0, 0.05) is 24.0 Å². The van der Waals surface area contributed by atoms with Crippen LogP contribution in [0, 0.1) is 11.7 Å². The first-order valence-corrected chi connectivity index (χ1v) is 10.3. The van der Waals surface area contributed by atoms with Gasteiger partial charge in [0.05, 0.1) is 17.1 Å². The fourth-order valence-corrected chi connectivity index (χ4v) is 3.29. The van der Waals surface area contributed by atoms with Gasteiger partial charge in [-0.15, -0.1) is 0 Å². The Morgan fingerprint density at radius 1 is 1.03 bits per heavy atom. The van der Waals surface area contributed by atoms with Gasteiger partial charge in [0.2, 0.25) is 5.95 Å². The minimum Gasteiger partial charge on any atom is -0.351 e. The molecule has 5 nitrogen and oxygen atoms in total. The van der Waals surface area contributed by atoms with E-state index in [2.05, 4.69) is 50.1 Å². The average molecular weight is 404 g/mol. The summed E-state index contributed by atoms with van der Waals surface area (Å²) in [6.07, 6.45) is 4.71. The van der Waals surface area contributed by atoms with Gasteiger partial charge in [0.25, 0.3) is 0 Å². The maximum atomic E-state index is 13.5. The molecule has 1 unspecified atom stereocenters. The van der Waals surface area contributed by atoms with E-state index < -0.39 is 0 Å². The van der Waals surface area contributed by atoms with Crippen LogP contribution in [-0.2, 0) is 6.42 Å². The first kappa shape index (κ1) is 20.0. The zero-order valence-corrected chi connectivity index (χ0v) is 17.7. The Balaban J connectivity index is 1.88. The molecule has 1 atom stereocenters. The second kappa shape index (κ2) is 8.22. The maximum Gasteiger partial charge on any atom is 0.223 e. The average Bonchev–Trinajstić information content (AvgIpc) is 3.12. The van der Waals surface area contributed by atoms with Crippen LogP contribution in [0.5, 0.6) is 0 Å². The Labute approximate surface area is 176 Å². The van der Waals surface area contributed by atoms with E-state index in [9.17, 15) is 4.39 Å². The summed E-state index contributed by atoms with van der Waals surface area (Å²) in [6.45, 7) is 8.55. The lowest BCUT2D eigenvalue weighted by Crippen LogP contribution is -2.22. The summed E-state index contributed by atoms with van der Waals surface area (Å²) < 4.78 is 15.6. The molecule has 4 rings (SSSR count). The van der Waals surface area contributed by atoms with Crippen LogP contribution in [0.1, 0.15) is 33.3 Å². The van der Waals surface area contributed by atoms with Crippen molar-refractivity contribution in [2.24, 2.45) is 5.92 Å². The van der Waals surface area contributed by atoms with Crippen molar-refractivity contribution in [3.05, 3.63) is 66.2 Å². The van der Waals surface area contributed by atoms with Crippen LogP contribution in [0.3, 0.4) is 0 Å². The van der Waals surface area contributed by atoms with Crippen LogP contribution in [0.25, 0.3) is 28.3 Å². The van der Waals surface area contributed by atoms with Crippen LogP contribution in [0.4, 0.5) is 10.3 Å². The van der Waals surface area contributed by atoms with Crippen molar-refractivity contribution in [3.8, 4) is 22.6 Å². The third kappa shape index (κ3) is 3.90. The van der Waals surface area contributed by atoms with Gasteiger partial charge in [0.15, 0.2) is 0 Å². The molecule has 0 radical (unpaired) electrons. The Bertz CT molecular complexity index is 1160. The lowest BCUT2D eigenvalue weighted by Gasteiger charge is -2.17. The molecular weight excluding hydrogens is 377 g/mol. The molecule has 6 heteroatoms. The standard InChI is InChI=1S/C24H26FN5/c1-5-17-11-13-30-21(14-17)29-22(18-6-8-19(25)9-7-18)23(30)20-10-12-26-24(28-20)27-16(4)15(2)3/h6-16H,5H2,1-4H3,(H,26,27,28). The van der Waals surface area contributed by atoms with Crippen LogP contribution in [0.15, 0.2) is 54.9 Å². The first-order chi connectivity index (χ1) is 14.5. The number of hydrogen-bond donors (Lipinski definition) is 1. The third-order valence-corrected chi connectivity index (χ3v) is 5.47. The molecular formula is C24H26FN5. The maximum absolute atomic E-state index is 13.5. The molecule has 0 aliphatic heterocycles. The second-order valence-corrected chi connectivity index (χ2v) is 7.88. The molecule has 0 aliphatic carbocycles. The van der Waals surface area contributed by atoms with Crippen molar-refractivity contribution >= 4 is 11.6 Å². The van der Waals surface area contributed by atoms with Gasteiger partial charge in [-0.3, -0.25) is 4.40 Å². The van der Waals surface area contributed by atoms with Gasteiger partial charge in [-0.25, -0.2) is 19.3 Å². The zero-order valence-electron chi connectivity index (χ0n) is 17.7. The number of halogens is 1. The number of pyridine rings is 1. The topological polar surface area (TPSA) is 55.1 Å². The highest BCUT2D eigenvalue weighted by Gasteiger charge is 2.18. The molecule has 0 saturated carbocycles. The normalized spacial score (nSPS) is 12.5. The van der Waals surface area contributed by atoms with Crippen LogP contribution >= 0.6 is 0 Å². The SMILES string of the molecule is CCc1ccn2c(-c3ccnc(NC(C)C(C)C)n3)c(-c3ccc(F)cc3)nc2c1. The molecule has 0 bridgehead atoms. The quantitative estimate of drug-likeness (QED) is 0.454. The third-order valence-electron chi connectivity index (χ3n) is 5.47. The Morgan fingerprint density at radius 3 is 2.50 bits per heavy atom. The zero-order chi connectivity index (χ0) is 21.3. The highest BCUT2D eigenvalue weighted by Crippen LogP contribution is 2.32. The number of imidazole rings is 1. The monoisotopic (exact) mass is 403 g/mol. The number of fused-ring (bicyclic) bond motifs is 1. The van der Waals surface area contributed by atoms with Gasteiger partial charge in [-0.05, 0) is 67.3 Å². The number of benzene rings is 1. The van der Waals surface area contributed by atoms with Crippen molar-refractivity contribution in [1.82, 2.24) is 19.4 Å². The minimum atomic E-state index is -0.270. The van der Waals surface area contributed by atoms with E-state index in [1.165, 1.54) is 17.7 Å². The molecule has 0 aliphatic rings. The largest absolute Gasteiger partial charge is 0.351 e. The first-order valence-electron chi connectivity index (χ1n) is 10.3.